The van der Waals surface area contributed by atoms with Gasteiger partial charge in [0, 0.05) is 49.4 Å². The fourth-order valence-corrected chi connectivity index (χ4v) is 4.43. The molecule has 1 aromatic heterocycles. The van der Waals surface area contributed by atoms with Crippen molar-refractivity contribution in [1.82, 2.24) is 14.8 Å². The number of hydrogen-bond donors (Lipinski definition) is 1. The number of aromatic nitrogens is 1. The Labute approximate surface area is 224 Å². The lowest BCUT2D eigenvalue weighted by Crippen LogP contribution is -2.44. The van der Waals surface area contributed by atoms with Crippen LogP contribution in [0.4, 0.5) is 0 Å². The fourth-order valence-electron chi connectivity index (χ4n) is 4.43. The van der Waals surface area contributed by atoms with Gasteiger partial charge in [-0.3, -0.25) is 9.59 Å². The summed E-state index contributed by atoms with van der Waals surface area (Å²) in [6.45, 7) is 3.66. The summed E-state index contributed by atoms with van der Waals surface area (Å²) in [7, 11) is 3.17. The summed E-state index contributed by atoms with van der Waals surface area (Å²) in [6, 6.07) is 23.3. The topological polar surface area (TPSA) is 74.9 Å². The zero-order chi connectivity index (χ0) is 26.9. The molecule has 7 nitrogen and oxygen atoms in total. The monoisotopic (exact) mass is 513 g/mol. The number of ether oxygens (including phenoxy) is 2. The number of hydrogen-bond acceptors (Lipinski definition) is 4. The van der Waals surface area contributed by atoms with E-state index in [9.17, 15) is 9.59 Å². The normalized spacial score (nSPS) is 10.9. The Morgan fingerprint density at radius 1 is 0.868 bits per heavy atom. The van der Waals surface area contributed by atoms with E-state index in [1.807, 2.05) is 48.4 Å². The molecule has 0 atom stereocenters. The van der Waals surface area contributed by atoms with Gasteiger partial charge in [-0.2, -0.15) is 0 Å². The lowest BCUT2D eigenvalue weighted by Gasteiger charge is -2.28. The molecule has 0 aliphatic heterocycles. The summed E-state index contributed by atoms with van der Waals surface area (Å²) in [5, 5.41) is 1.16. The van der Waals surface area contributed by atoms with Crippen LogP contribution < -0.4 is 4.74 Å². The van der Waals surface area contributed by atoms with Crippen LogP contribution >= 0.6 is 0 Å². The maximum atomic E-state index is 13.7. The third-order valence-corrected chi connectivity index (χ3v) is 6.69. The van der Waals surface area contributed by atoms with E-state index in [2.05, 4.69) is 23.2 Å². The smallest absolute Gasteiger partial charge is 0.254 e. The van der Waals surface area contributed by atoms with E-state index in [4.69, 9.17) is 9.47 Å². The summed E-state index contributed by atoms with van der Waals surface area (Å²) in [5.41, 5.74) is 4.95. The van der Waals surface area contributed by atoms with Crippen LogP contribution in [0.3, 0.4) is 0 Å². The van der Waals surface area contributed by atoms with Crippen molar-refractivity contribution in [3.63, 3.8) is 0 Å². The minimum Gasteiger partial charge on any atom is -0.497 e. The van der Waals surface area contributed by atoms with Crippen molar-refractivity contribution < 1.29 is 19.1 Å². The van der Waals surface area contributed by atoms with E-state index in [1.165, 1.54) is 5.56 Å². The van der Waals surface area contributed by atoms with Crippen LogP contribution in [0.1, 0.15) is 27.0 Å². The molecular formula is C31H35N3O4. The molecule has 0 saturated heterocycles. The summed E-state index contributed by atoms with van der Waals surface area (Å²) >= 11 is 0. The molecule has 0 spiro atoms. The lowest BCUT2D eigenvalue weighted by atomic mass is 10.1. The van der Waals surface area contributed by atoms with E-state index in [-0.39, 0.29) is 18.4 Å². The first kappa shape index (κ1) is 26.9. The highest BCUT2D eigenvalue weighted by Gasteiger charge is 2.23. The van der Waals surface area contributed by atoms with Crippen LogP contribution in [-0.4, -0.2) is 67.1 Å². The van der Waals surface area contributed by atoms with Gasteiger partial charge in [0.05, 0.1) is 13.7 Å². The number of carbonyl (C=O) groups is 2. The molecule has 0 fully saturated rings. The maximum absolute atomic E-state index is 13.7. The molecule has 1 N–H and O–H groups in total. The number of benzene rings is 3. The van der Waals surface area contributed by atoms with Crippen LogP contribution in [-0.2, 0) is 22.5 Å². The Hall–Kier alpha value is -4.10. The van der Waals surface area contributed by atoms with Gasteiger partial charge in [0.25, 0.3) is 5.91 Å². The van der Waals surface area contributed by atoms with Crippen molar-refractivity contribution in [2.45, 2.75) is 19.9 Å². The maximum Gasteiger partial charge on any atom is 0.254 e. The van der Waals surface area contributed by atoms with Gasteiger partial charge in [-0.15, -0.1) is 0 Å². The quantitative estimate of drug-likeness (QED) is 0.294. The van der Waals surface area contributed by atoms with Gasteiger partial charge in [-0.1, -0.05) is 48.0 Å². The number of aryl methyl sites for hydroxylation is 1. The first-order chi connectivity index (χ1) is 18.5. The summed E-state index contributed by atoms with van der Waals surface area (Å²) in [5.74, 6) is 0.343. The van der Waals surface area contributed by atoms with Crippen molar-refractivity contribution in [2.24, 2.45) is 0 Å². The fraction of sp³-hybridized carbons (Fsp3) is 0.290. The molecule has 1 heterocycles. The van der Waals surface area contributed by atoms with E-state index < -0.39 is 0 Å². The van der Waals surface area contributed by atoms with Crippen molar-refractivity contribution in [2.75, 3.05) is 40.5 Å². The standard InChI is InChI=1S/C31H35N3O4/c1-23-8-10-24(11-9-23)21-33(17-16-26-20-32-29-7-5-4-6-28(26)29)30(35)22-34(18-19-37-2)31(36)25-12-14-27(38-3)15-13-25/h4-15,20,32H,16-19,21-22H2,1-3H3. The number of fused-ring (bicyclic) bond motifs is 1. The molecule has 0 radical (unpaired) electrons. The number of methoxy groups -OCH3 is 2. The van der Waals surface area contributed by atoms with Gasteiger partial charge < -0.3 is 24.3 Å². The number of nitrogens with zero attached hydrogens (tertiary/aromatic N) is 2. The van der Waals surface area contributed by atoms with Crippen LogP contribution in [0.15, 0.2) is 79.0 Å². The zero-order valence-electron chi connectivity index (χ0n) is 22.3. The molecule has 4 rings (SSSR count). The minimum atomic E-state index is -0.218. The first-order valence-electron chi connectivity index (χ1n) is 12.8. The number of aromatic amines is 1. The largest absolute Gasteiger partial charge is 0.497 e. The molecule has 7 heteroatoms. The second-order valence-corrected chi connectivity index (χ2v) is 9.36. The lowest BCUT2D eigenvalue weighted by molar-refractivity contribution is -0.132. The SMILES string of the molecule is COCCN(CC(=O)N(CCc1c[nH]c2ccccc12)Cc1ccc(C)cc1)C(=O)c1ccc(OC)cc1. The molecule has 0 aliphatic carbocycles. The highest BCUT2D eigenvalue weighted by atomic mass is 16.5. The first-order valence-corrected chi connectivity index (χ1v) is 12.8. The number of para-hydroxylation sites is 1. The van der Waals surface area contributed by atoms with Gasteiger partial charge >= 0.3 is 0 Å². The highest BCUT2D eigenvalue weighted by molar-refractivity contribution is 5.96. The van der Waals surface area contributed by atoms with Crippen LogP contribution in [0.25, 0.3) is 10.9 Å². The van der Waals surface area contributed by atoms with E-state index in [1.54, 1.807) is 43.4 Å². The second-order valence-electron chi connectivity index (χ2n) is 9.36. The van der Waals surface area contributed by atoms with E-state index >= 15 is 0 Å². The molecule has 0 aliphatic rings. The number of rotatable bonds is 12. The third-order valence-electron chi connectivity index (χ3n) is 6.69. The summed E-state index contributed by atoms with van der Waals surface area (Å²) in [6.07, 6.45) is 2.71. The van der Waals surface area contributed by atoms with Crippen LogP contribution in [0.5, 0.6) is 5.75 Å². The Morgan fingerprint density at radius 2 is 1.61 bits per heavy atom. The molecule has 3 aromatic carbocycles. The molecule has 0 saturated carbocycles. The summed E-state index contributed by atoms with van der Waals surface area (Å²) < 4.78 is 10.4. The van der Waals surface area contributed by atoms with E-state index in [0.29, 0.717) is 44.0 Å². The van der Waals surface area contributed by atoms with Gasteiger partial charge in [0.1, 0.15) is 12.3 Å². The Balaban J connectivity index is 1.53. The molecule has 198 valence electrons. The van der Waals surface area contributed by atoms with Gasteiger partial charge in [-0.25, -0.2) is 0 Å². The van der Waals surface area contributed by atoms with Gasteiger partial charge in [0.2, 0.25) is 5.91 Å². The second kappa shape index (κ2) is 12.9. The van der Waals surface area contributed by atoms with Crippen molar-refractivity contribution in [3.8, 4) is 5.75 Å². The number of H-pyrrole nitrogens is 1. The molecule has 0 unspecified atom stereocenters. The number of nitrogens with one attached hydrogen (secondary N) is 1. The predicted octanol–water partition coefficient (Wildman–Crippen LogP) is 4.85. The van der Waals surface area contributed by atoms with Crippen LogP contribution in [0.2, 0.25) is 0 Å². The van der Waals surface area contributed by atoms with Crippen molar-refractivity contribution >= 4 is 22.7 Å². The minimum absolute atomic E-state index is 0.0338. The molecule has 4 aromatic rings. The molecule has 38 heavy (non-hydrogen) atoms. The number of amides is 2. The van der Waals surface area contributed by atoms with Crippen molar-refractivity contribution in [1.29, 1.82) is 0 Å². The number of carbonyl (C=O) groups excluding carboxylic acids is 2. The van der Waals surface area contributed by atoms with Crippen LogP contribution in [0, 0.1) is 6.92 Å². The van der Waals surface area contributed by atoms with Gasteiger partial charge in [-0.05, 0) is 54.8 Å². The Kier molecular flexibility index (Phi) is 9.16. The molecule has 0 bridgehead atoms. The zero-order valence-corrected chi connectivity index (χ0v) is 22.3. The summed E-state index contributed by atoms with van der Waals surface area (Å²) in [4.78, 5) is 33.8. The average Bonchev–Trinajstić information content (AvgIpc) is 3.37. The third kappa shape index (κ3) is 6.81. The van der Waals surface area contributed by atoms with Crippen molar-refractivity contribution in [3.05, 3.63) is 101 Å². The molecular weight excluding hydrogens is 478 g/mol. The Morgan fingerprint density at radius 3 is 2.32 bits per heavy atom. The average molecular weight is 514 g/mol. The van der Waals surface area contributed by atoms with Gasteiger partial charge in [0.15, 0.2) is 0 Å². The molecule has 2 amide bonds. The van der Waals surface area contributed by atoms with E-state index in [0.717, 1.165) is 22.0 Å². The Bertz CT molecular complexity index is 1350. The predicted molar refractivity (Wildman–Crippen MR) is 149 cm³/mol. The highest BCUT2D eigenvalue weighted by Crippen LogP contribution is 2.19.